The maximum Gasteiger partial charge on any atom is 0.258 e. The zero-order valence-electron chi connectivity index (χ0n) is 14.2. The van der Waals surface area contributed by atoms with Gasteiger partial charge in [0.15, 0.2) is 17.7 Å². The van der Waals surface area contributed by atoms with Crippen LogP contribution in [0.3, 0.4) is 0 Å². The lowest BCUT2D eigenvalue weighted by atomic mass is 10.1. The number of rotatable bonds is 6. The van der Waals surface area contributed by atoms with Crippen LogP contribution in [0.5, 0.6) is 17.2 Å². The Balaban J connectivity index is 1.94. The van der Waals surface area contributed by atoms with Crippen molar-refractivity contribution in [3.8, 4) is 17.2 Å². The van der Waals surface area contributed by atoms with E-state index in [-0.39, 0.29) is 5.91 Å². The van der Waals surface area contributed by atoms with Gasteiger partial charge in [-0.1, -0.05) is 30.7 Å². The molecule has 0 unspecified atom stereocenters. The summed E-state index contributed by atoms with van der Waals surface area (Å²) in [4.78, 5) is 12.3. The molecule has 0 aliphatic carbocycles. The Morgan fingerprint density at radius 1 is 1.20 bits per heavy atom. The van der Waals surface area contributed by atoms with Crippen molar-refractivity contribution in [3.05, 3.63) is 52.5 Å². The minimum atomic E-state index is -0.640. The van der Waals surface area contributed by atoms with Crippen LogP contribution in [0.15, 0.2) is 36.4 Å². The number of benzene rings is 2. The normalized spacial score (nSPS) is 15.8. The molecule has 1 amide bonds. The number of hydrogen-bond donors (Lipinski definition) is 1. The van der Waals surface area contributed by atoms with E-state index in [1.165, 1.54) is 0 Å². The zero-order chi connectivity index (χ0) is 17.8. The average Bonchev–Trinajstić information content (AvgIpc) is 2.61. The van der Waals surface area contributed by atoms with E-state index in [9.17, 15) is 4.79 Å². The van der Waals surface area contributed by atoms with E-state index < -0.39 is 6.23 Å². The Bertz CT molecular complexity index is 778. The third-order valence-electron chi connectivity index (χ3n) is 3.72. The van der Waals surface area contributed by atoms with Crippen molar-refractivity contribution in [1.82, 2.24) is 5.32 Å². The van der Waals surface area contributed by atoms with Crippen molar-refractivity contribution in [2.24, 2.45) is 0 Å². The van der Waals surface area contributed by atoms with Crippen molar-refractivity contribution in [2.75, 3.05) is 13.2 Å². The lowest BCUT2D eigenvalue weighted by Crippen LogP contribution is -2.36. The largest absolute Gasteiger partial charge is 0.490 e. The highest BCUT2D eigenvalue weighted by atomic mass is 35.5. The molecule has 5 nitrogen and oxygen atoms in total. The van der Waals surface area contributed by atoms with E-state index in [0.29, 0.717) is 46.6 Å². The van der Waals surface area contributed by atoms with Crippen LogP contribution >= 0.6 is 11.6 Å². The molecular formula is C19H20ClNO4. The summed E-state index contributed by atoms with van der Waals surface area (Å²) in [7, 11) is 0. The second-order valence-electron chi connectivity index (χ2n) is 5.58. The van der Waals surface area contributed by atoms with E-state index in [4.69, 9.17) is 25.8 Å². The number of para-hydroxylation sites is 1. The summed E-state index contributed by atoms with van der Waals surface area (Å²) in [5, 5.41) is 3.25. The van der Waals surface area contributed by atoms with Crippen LogP contribution in [0.25, 0.3) is 0 Å². The van der Waals surface area contributed by atoms with Crippen LogP contribution in [-0.4, -0.2) is 19.1 Å². The van der Waals surface area contributed by atoms with Crippen LogP contribution in [0, 0.1) is 0 Å². The molecule has 0 spiro atoms. The number of hydrogen-bond acceptors (Lipinski definition) is 4. The number of amides is 1. The summed E-state index contributed by atoms with van der Waals surface area (Å²) in [5.74, 6) is 1.40. The van der Waals surface area contributed by atoms with Crippen molar-refractivity contribution < 1.29 is 19.0 Å². The highest BCUT2D eigenvalue weighted by Crippen LogP contribution is 2.39. The first kappa shape index (κ1) is 17.4. The van der Waals surface area contributed by atoms with Crippen molar-refractivity contribution in [1.29, 1.82) is 0 Å². The van der Waals surface area contributed by atoms with Crippen LogP contribution in [-0.2, 0) is 0 Å². The van der Waals surface area contributed by atoms with Gasteiger partial charge in [0.25, 0.3) is 5.91 Å². The molecule has 0 fully saturated rings. The van der Waals surface area contributed by atoms with Gasteiger partial charge in [0.1, 0.15) is 5.75 Å². The number of carbonyl (C=O) groups excluding carboxylic acids is 1. The SMILES string of the molecule is CCCOc1c(Cl)cc([C@H]2NC(=O)c3ccccc3O2)cc1OCC. The van der Waals surface area contributed by atoms with Gasteiger partial charge in [-0.3, -0.25) is 4.79 Å². The Kier molecular flexibility index (Phi) is 5.34. The van der Waals surface area contributed by atoms with Crippen LogP contribution in [0.2, 0.25) is 5.02 Å². The topological polar surface area (TPSA) is 56.8 Å². The fraction of sp³-hybridized carbons (Fsp3) is 0.316. The molecule has 2 aromatic carbocycles. The number of carbonyl (C=O) groups is 1. The van der Waals surface area contributed by atoms with E-state index in [1.807, 2.05) is 19.9 Å². The molecule has 3 rings (SSSR count). The molecule has 1 atom stereocenters. The summed E-state index contributed by atoms with van der Waals surface area (Å²) in [6, 6.07) is 10.6. The summed E-state index contributed by atoms with van der Waals surface area (Å²) in [5.41, 5.74) is 1.21. The van der Waals surface area contributed by atoms with E-state index >= 15 is 0 Å². The minimum absolute atomic E-state index is 0.188. The molecule has 132 valence electrons. The predicted octanol–water partition coefficient (Wildman–Crippen LogP) is 4.35. The van der Waals surface area contributed by atoms with Gasteiger partial charge < -0.3 is 19.5 Å². The first-order chi connectivity index (χ1) is 12.1. The Labute approximate surface area is 151 Å². The summed E-state index contributed by atoms with van der Waals surface area (Å²) >= 11 is 6.39. The molecule has 6 heteroatoms. The first-order valence-corrected chi connectivity index (χ1v) is 8.67. The molecule has 1 N–H and O–H groups in total. The number of ether oxygens (including phenoxy) is 3. The third-order valence-corrected chi connectivity index (χ3v) is 4.00. The number of nitrogens with one attached hydrogen (secondary N) is 1. The Hall–Kier alpha value is -2.40. The smallest absolute Gasteiger partial charge is 0.258 e. The lowest BCUT2D eigenvalue weighted by Gasteiger charge is -2.27. The Morgan fingerprint density at radius 2 is 2.00 bits per heavy atom. The quantitative estimate of drug-likeness (QED) is 0.831. The van der Waals surface area contributed by atoms with Crippen molar-refractivity contribution >= 4 is 17.5 Å². The number of fused-ring (bicyclic) bond motifs is 1. The summed E-state index contributed by atoms with van der Waals surface area (Å²) in [6.45, 7) is 4.93. The molecule has 1 aliphatic heterocycles. The standard InChI is InChI=1S/C19H20ClNO4/c1-3-9-24-17-14(20)10-12(11-16(17)23-4-2)19-21-18(22)13-7-5-6-8-15(13)25-19/h5-8,10-11,19H,3-4,9H2,1-2H3,(H,21,22)/t19-/m0/s1. The molecule has 2 aromatic rings. The maximum atomic E-state index is 12.3. The van der Waals surface area contributed by atoms with Crippen molar-refractivity contribution in [2.45, 2.75) is 26.5 Å². The molecule has 25 heavy (non-hydrogen) atoms. The summed E-state index contributed by atoms with van der Waals surface area (Å²) in [6.07, 6.45) is 0.224. The third kappa shape index (κ3) is 3.66. The van der Waals surface area contributed by atoms with Gasteiger partial charge in [-0.2, -0.15) is 0 Å². The fourth-order valence-corrected chi connectivity index (χ4v) is 2.88. The highest BCUT2D eigenvalue weighted by Gasteiger charge is 2.28. The monoisotopic (exact) mass is 361 g/mol. The zero-order valence-corrected chi connectivity index (χ0v) is 14.9. The predicted molar refractivity (Wildman–Crippen MR) is 95.7 cm³/mol. The minimum Gasteiger partial charge on any atom is -0.490 e. The second kappa shape index (κ2) is 7.66. The van der Waals surface area contributed by atoms with E-state index in [0.717, 1.165) is 6.42 Å². The lowest BCUT2D eigenvalue weighted by molar-refractivity contribution is 0.0755. The van der Waals surface area contributed by atoms with Gasteiger partial charge in [0.05, 0.1) is 23.8 Å². The number of halogens is 1. The second-order valence-corrected chi connectivity index (χ2v) is 5.99. The molecule has 1 aliphatic rings. The van der Waals surface area contributed by atoms with Gasteiger partial charge in [-0.25, -0.2) is 0 Å². The van der Waals surface area contributed by atoms with Crippen LogP contribution in [0.1, 0.15) is 42.4 Å². The fourth-order valence-electron chi connectivity index (χ4n) is 2.61. The Morgan fingerprint density at radius 3 is 2.76 bits per heavy atom. The molecule has 0 saturated carbocycles. The van der Waals surface area contributed by atoms with Gasteiger partial charge in [-0.15, -0.1) is 0 Å². The molecule has 0 bridgehead atoms. The van der Waals surface area contributed by atoms with E-state index in [1.54, 1.807) is 30.3 Å². The van der Waals surface area contributed by atoms with E-state index in [2.05, 4.69) is 5.32 Å². The van der Waals surface area contributed by atoms with Gasteiger partial charge in [0.2, 0.25) is 0 Å². The van der Waals surface area contributed by atoms with Gasteiger partial charge in [-0.05, 0) is 37.6 Å². The van der Waals surface area contributed by atoms with Crippen LogP contribution < -0.4 is 19.5 Å². The molecule has 0 saturated heterocycles. The highest BCUT2D eigenvalue weighted by molar-refractivity contribution is 6.32. The van der Waals surface area contributed by atoms with Gasteiger partial charge in [0, 0.05) is 5.56 Å². The maximum absolute atomic E-state index is 12.3. The molecule has 1 heterocycles. The van der Waals surface area contributed by atoms with Crippen LogP contribution in [0.4, 0.5) is 0 Å². The molecular weight excluding hydrogens is 342 g/mol. The molecule has 0 aromatic heterocycles. The van der Waals surface area contributed by atoms with Gasteiger partial charge >= 0.3 is 0 Å². The van der Waals surface area contributed by atoms with Crippen molar-refractivity contribution in [3.63, 3.8) is 0 Å². The average molecular weight is 362 g/mol. The summed E-state index contributed by atoms with van der Waals surface area (Å²) < 4.78 is 17.3. The first-order valence-electron chi connectivity index (χ1n) is 8.29. The molecule has 0 radical (unpaired) electrons.